The summed E-state index contributed by atoms with van der Waals surface area (Å²) in [5.74, 6) is 0.822. The first-order valence-electron chi connectivity index (χ1n) is 8.00. The van der Waals surface area contributed by atoms with Crippen molar-refractivity contribution >= 4 is 11.6 Å². The van der Waals surface area contributed by atoms with Crippen molar-refractivity contribution in [2.24, 2.45) is 0 Å². The van der Waals surface area contributed by atoms with Crippen molar-refractivity contribution in [3.05, 3.63) is 46.8 Å². The zero-order valence-corrected chi connectivity index (χ0v) is 14.3. The van der Waals surface area contributed by atoms with Gasteiger partial charge in [-0.3, -0.25) is 9.69 Å². The van der Waals surface area contributed by atoms with Crippen LogP contribution in [0.15, 0.2) is 28.8 Å². The second-order valence-electron chi connectivity index (χ2n) is 5.88. The van der Waals surface area contributed by atoms with Crippen molar-refractivity contribution in [2.75, 3.05) is 18.4 Å². The Kier molecular flexibility index (Phi) is 5.93. The average molecular weight is 315 g/mol. The van der Waals surface area contributed by atoms with Crippen LogP contribution in [-0.4, -0.2) is 29.1 Å². The molecule has 0 unspecified atom stereocenters. The third-order valence-electron chi connectivity index (χ3n) is 3.89. The molecule has 0 atom stereocenters. The van der Waals surface area contributed by atoms with E-state index in [0.717, 1.165) is 41.2 Å². The van der Waals surface area contributed by atoms with Crippen LogP contribution in [-0.2, 0) is 11.3 Å². The van der Waals surface area contributed by atoms with Gasteiger partial charge in [0.05, 0.1) is 12.2 Å². The Hall–Kier alpha value is -2.14. The van der Waals surface area contributed by atoms with Crippen LogP contribution in [0.5, 0.6) is 0 Å². The molecular formula is C18H25N3O2. The van der Waals surface area contributed by atoms with Crippen LogP contribution in [0.4, 0.5) is 5.69 Å². The van der Waals surface area contributed by atoms with Gasteiger partial charge in [-0.2, -0.15) is 0 Å². The lowest BCUT2D eigenvalue weighted by molar-refractivity contribution is -0.117. The van der Waals surface area contributed by atoms with E-state index in [0.29, 0.717) is 13.1 Å². The number of anilines is 1. The smallest absolute Gasteiger partial charge is 0.238 e. The summed E-state index contributed by atoms with van der Waals surface area (Å²) < 4.78 is 5.21. The fourth-order valence-electron chi connectivity index (χ4n) is 2.59. The number of aromatic nitrogens is 1. The molecule has 0 saturated heterocycles. The minimum atomic E-state index is -0.000454. The Bertz CT molecular complexity index is 645. The number of rotatable bonds is 7. The van der Waals surface area contributed by atoms with Gasteiger partial charge in [0.1, 0.15) is 5.76 Å². The third-order valence-corrected chi connectivity index (χ3v) is 3.89. The van der Waals surface area contributed by atoms with Gasteiger partial charge in [0.15, 0.2) is 0 Å². The molecule has 0 aliphatic rings. The Morgan fingerprint density at radius 1 is 1.26 bits per heavy atom. The highest BCUT2D eigenvalue weighted by atomic mass is 16.5. The third kappa shape index (κ3) is 4.66. The van der Waals surface area contributed by atoms with Crippen LogP contribution in [0.3, 0.4) is 0 Å². The molecule has 0 saturated carbocycles. The first-order valence-corrected chi connectivity index (χ1v) is 8.00. The van der Waals surface area contributed by atoms with Crippen molar-refractivity contribution in [1.29, 1.82) is 0 Å². The molecule has 124 valence electrons. The standard InChI is InChI=1S/C18H25N3O2/c1-5-10-21(11-16-14(3)20-23-15(16)4)12-18(22)19-17-9-7-6-8-13(17)2/h6-9H,5,10-12H2,1-4H3,(H,19,22). The number of aryl methyl sites for hydroxylation is 3. The second kappa shape index (κ2) is 7.92. The predicted octanol–water partition coefficient (Wildman–Crippen LogP) is 3.45. The molecule has 1 aromatic heterocycles. The topological polar surface area (TPSA) is 58.4 Å². The van der Waals surface area contributed by atoms with E-state index >= 15 is 0 Å². The first-order chi connectivity index (χ1) is 11.0. The number of carbonyl (C=O) groups is 1. The molecule has 1 N–H and O–H groups in total. The molecular weight excluding hydrogens is 290 g/mol. The molecule has 0 aliphatic carbocycles. The molecule has 0 fully saturated rings. The number of para-hydroxylation sites is 1. The SMILES string of the molecule is CCCN(CC(=O)Nc1ccccc1C)Cc1c(C)noc1C. The summed E-state index contributed by atoms with van der Waals surface area (Å²) in [6.45, 7) is 9.83. The number of hydrogen-bond acceptors (Lipinski definition) is 4. The minimum Gasteiger partial charge on any atom is -0.361 e. The molecule has 1 heterocycles. The van der Waals surface area contributed by atoms with Crippen LogP contribution >= 0.6 is 0 Å². The Balaban J connectivity index is 2.01. The van der Waals surface area contributed by atoms with Crippen molar-refractivity contribution in [3.63, 3.8) is 0 Å². The van der Waals surface area contributed by atoms with Gasteiger partial charge < -0.3 is 9.84 Å². The lowest BCUT2D eigenvalue weighted by Crippen LogP contribution is -2.33. The monoisotopic (exact) mass is 315 g/mol. The van der Waals surface area contributed by atoms with E-state index in [1.54, 1.807) is 0 Å². The number of amides is 1. The fraction of sp³-hybridized carbons (Fsp3) is 0.444. The van der Waals surface area contributed by atoms with Crippen LogP contribution in [0.1, 0.15) is 35.9 Å². The summed E-state index contributed by atoms with van der Waals surface area (Å²) in [7, 11) is 0. The van der Waals surface area contributed by atoms with E-state index in [-0.39, 0.29) is 5.91 Å². The molecule has 2 rings (SSSR count). The molecule has 23 heavy (non-hydrogen) atoms. The van der Waals surface area contributed by atoms with E-state index in [1.165, 1.54) is 0 Å². The average Bonchev–Trinajstić information content (AvgIpc) is 2.82. The first kappa shape index (κ1) is 17.2. The Morgan fingerprint density at radius 3 is 2.61 bits per heavy atom. The number of hydrogen-bond donors (Lipinski definition) is 1. The van der Waals surface area contributed by atoms with Crippen LogP contribution in [0, 0.1) is 20.8 Å². The summed E-state index contributed by atoms with van der Waals surface area (Å²) in [5.41, 5.74) is 3.89. The van der Waals surface area contributed by atoms with Gasteiger partial charge in [0.25, 0.3) is 0 Å². The predicted molar refractivity (Wildman–Crippen MR) is 91.4 cm³/mol. The highest BCUT2D eigenvalue weighted by Gasteiger charge is 2.16. The van der Waals surface area contributed by atoms with Crippen molar-refractivity contribution in [1.82, 2.24) is 10.1 Å². The maximum absolute atomic E-state index is 12.4. The molecule has 1 amide bonds. The molecule has 5 heteroatoms. The Morgan fingerprint density at radius 2 is 2.00 bits per heavy atom. The van der Waals surface area contributed by atoms with Crippen molar-refractivity contribution in [3.8, 4) is 0 Å². The zero-order chi connectivity index (χ0) is 16.8. The van der Waals surface area contributed by atoms with E-state index < -0.39 is 0 Å². The van der Waals surface area contributed by atoms with E-state index in [9.17, 15) is 4.79 Å². The van der Waals surface area contributed by atoms with Gasteiger partial charge >= 0.3 is 0 Å². The van der Waals surface area contributed by atoms with E-state index in [2.05, 4.69) is 22.3 Å². The molecule has 0 bridgehead atoms. The minimum absolute atomic E-state index is 0.000454. The quantitative estimate of drug-likeness (QED) is 0.850. The van der Waals surface area contributed by atoms with Gasteiger partial charge in [-0.1, -0.05) is 30.3 Å². The number of nitrogens with zero attached hydrogens (tertiary/aromatic N) is 2. The molecule has 0 spiro atoms. The van der Waals surface area contributed by atoms with Gasteiger partial charge in [-0.05, 0) is 45.4 Å². The summed E-state index contributed by atoms with van der Waals surface area (Å²) >= 11 is 0. The normalized spacial score (nSPS) is 11.0. The number of carbonyl (C=O) groups excluding carboxylic acids is 1. The van der Waals surface area contributed by atoms with E-state index in [4.69, 9.17) is 4.52 Å². The molecule has 2 aromatic rings. The van der Waals surface area contributed by atoms with Crippen molar-refractivity contribution in [2.45, 2.75) is 40.7 Å². The van der Waals surface area contributed by atoms with Gasteiger partial charge in [0.2, 0.25) is 5.91 Å². The maximum atomic E-state index is 12.4. The molecule has 0 aliphatic heterocycles. The number of nitrogens with one attached hydrogen (secondary N) is 1. The number of benzene rings is 1. The zero-order valence-electron chi connectivity index (χ0n) is 14.3. The van der Waals surface area contributed by atoms with Gasteiger partial charge in [-0.15, -0.1) is 0 Å². The second-order valence-corrected chi connectivity index (χ2v) is 5.88. The molecule has 1 aromatic carbocycles. The van der Waals surface area contributed by atoms with Gasteiger partial charge in [-0.25, -0.2) is 0 Å². The highest BCUT2D eigenvalue weighted by molar-refractivity contribution is 5.92. The van der Waals surface area contributed by atoms with Crippen LogP contribution in [0.25, 0.3) is 0 Å². The largest absolute Gasteiger partial charge is 0.361 e. The summed E-state index contributed by atoms with van der Waals surface area (Å²) in [6, 6.07) is 7.80. The van der Waals surface area contributed by atoms with Crippen LogP contribution in [0.2, 0.25) is 0 Å². The van der Waals surface area contributed by atoms with Crippen LogP contribution < -0.4 is 5.32 Å². The highest BCUT2D eigenvalue weighted by Crippen LogP contribution is 2.16. The summed E-state index contributed by atoms with van der Waals surface area (Å²) in [5, 5.41) is 6.97. The summed E-state index contributed by atoms with van der Waals surface area (Å²) in [4.78, 5) is 14.5. The maximum Gasteiger partial charge on any atom is 0.238 e. The van der Waals surface area contributed by atoms with Crippen molar-refractivity contribution < 1.29 is 9.32 Å². The van der Waals surface area contributed by atoms with Gasteiger partial charge in [0, 0.05) is 17.8 Å². The Labute approximate surface area is 137 Å². The molecule has 0 radical (unpaired) electrons. The fourth-order valence-corrected chi connectivity index (χ4v) is 2.59. The lowest BCUT2D eigenvalue weighted by Gasteiger charge is -2.21. The summed E-state index contributed by atoms with van der Waals surface area (Å²) in [6.07, 6.45) is 0.987. The molecule has 5 nitrogen and oxygen atoms in total. The van der Waals surface area contributed by atoms with E-state index in [1.807, 2.05) is 45.0 Å². The lowest BCUT2D eigenvalue weighted by atomic mass is 10.2.